The van der Waals surface area contributed by atoms with Gasteiger partial charge in [0.25, 0.3) is 15.9 Å². The summed E-state index contributed by atoms with van der Waals surface area (Å²) in [6.07, 6.45) is 0. The average Bonchev–Trinajstić information content (AvgIpc) is 3.13. The van der Waals surface area contributed by atoms with Gasteiger partial charge < -0.3 is 9.15 Å². The van der Waals surface area contributed by atoms with E-state index in [0.717, 1.165) is 9.87 Å². The van der Waals surface area contributed by atoms with E-state index in [0.29, 0.717) is 32.9 Å². The number of carbonyl (C=O) groups is 2. The number of anilines is 1. The third kappa shape index (κ3) is 4.86. The van der Waals surface area contributed by atoms with Gasteiger partial charge in [-0.15, -0.1) is 0 Å². The molecule has 0 bridgehead atoms. The number of benzene rings is 3. The van der Waals surface area contributed by atoms with Crippen LogP contribution in [-0.4, -0.2) is 26.9 Å². The Morgan fingerprint density at radius 2 is 1.57 bits per heavy atom. The lowest BCUT2D eigenvalue weighted by atomic mass is 10.1. The summed E-state index contributed by atoms with van der Waals surface area (Å²) in [6, 6.07) is 13.9. The third-order valence-electron chi connectivity index (χ3n) is 5.94. The molecule has 0 fully saturated rings. The largest absolute Gasteiger partial charge is 0.462 e. The quantitative estimate of drug-likeness (QED) is 0.258. The minimum atomic E-state index is -4.39. The Morgan fingerprint density at radius 1 is 0.946 bits per heavy atom. The molecular weight excluding hydrogens is 514 g/mol. The number of hydrogen-bond acceptors (Lipinski definition) is 6. The number of ether oxygens (including phenoxy) is 1. The van der Waals surface area contributed by atoms with Crippen LogP contribution in [0, 0.1) is 27.7 Å². The number of hydrogen-bond donors (Lipinski definition) is 0. The molecule has 0 saturated carbocycles. The molecule has 0 N–H and O–H groups in total. The lowest BCUT2D eigenvalue weighted by Crippen LogP contribution is -2.37. The van der Waals surface area contributed by atoms with Crippen molar-refractivity contribution in [1.29, 1.82) is 0 Å². The third-order valence-corrected chi connectivity index (χ3v) is 8.21. The number of nitrogens with zero attached hydrogens (tertiary/aromatic N) is 1. The van der Waals surface area contributed by atoms with Crippen LogP contribution in [0.2, 0.25) is 5.02 Å². The summed E-state index contributed by atoms with van der Waals surface area (Å²) in [5.74, 6) is -1.04. The number of aryl methyl sites for hydroxylation is 4. The Labute approximate surface area is 220 Å². The summed E-state index contributed by atoms with van der Waals surface area (Å²) in [5.41, 5.74) is 2.65. The highest BCUT2D eigenvalue weighted by atomic mass is 35.5. The molecule has 7 nitrogen and oxygen atoms in total. The van der Waals surface area contributed by atoms with E-state index < -0.39 is 21.9 Å². The molecule has 192 valence electrons. The van der Waals surface area contributed by atoms with Gasteiger partial charge in [-0.3, -0.25) is 4.79 Å². The van der Waals surface area contributed by atoms with E-state index in [1.54, 1.807) is 39.8 Å². The number of rotatable bonds is 6. The first-order chi connectivity index (χ1) is 17.4. The lowest BCUT2D eigenvalue weighted by Gasteiger charge is -2.25. The van der Waals surface area contributed by atoms with Crippen LogP contribution < -0.4 is 4.31 Å². The molecule has 0 aliphatic carbocycles. The van der Waals surface area contributed by atoms with E-state index in [1.165, 1.54) is 42.5 Å². The summed E-state index contributed by atoms with van der Waals surface area (Å²) < 4.78 is 40.0. The highest BCUT2D eigenvalue weighted by molar-refractivity contribution is 7.93. The Hall–Kier alpha value is -3.62. The number of carbonyl (C=O) groups excluding carboxylic acids is 2. The SMILES string of the molecule is CCOC(=O)c1c(C)oc2ccc(N(C(=O)c3ccc(Cl)cc3)S(=O)(=O)c3c(C)cc(C)cc3C)cc12. The number of amides is 1. The van der Waals surface area contributed by atoms with Gasteiger partial charge in [-0.05, 0) is 88.2 Å². The van der Waals surface area contributed by atoms with Crippen molar-refractivity contribution in [1.82, 2.24) is 0 Å². The first-order valence-electron chi connectivity index (χ1n) is 11.6. The van der Waals surface area contributed by atoms with Crippen LogP contribution in [0.5, 0.6) is 0 Å². The summed E-state index contributed by atoms with van der Waals surface area (Å²) >= 11 is 6.00. The molecule has 1 heterocycles. The van der Waals surface area contributed by atoms with Crippen LogP contribution in [0.1, 0.15) is 50.1 Å². The molecule has 4 rings (SSSR count). The maximum Gasteiger partial charge on any atom is 0.342 e. The second-order valence-electron chi connectivity index (χ2n) is 8.74. The van der Waals surface area contributed by atoms with E-state index in [2.05, 4.69) is 0 Å². The molecule has 0 aliphatic rings. The summed E-state index contributed by atoms with van der Waals surface area (Å²) in [4.78, 5) is 26.5. The molecule has 1 aromatic heterocycles. The second kappa shape index (κ2) is 10.0. The van der Waals surface area contributed by atoms with Crippen LogP contribution >= 0.6 is 11.6 Å². The van der Waals surface area contributed by atoms with E-state index in [4.69, 9.17) is 20.8 Å². The normalized spacial score (nSPS) is 11.5. The highest BCUT2D eigenvalue weighted by Crippen LogP contribution is 2.35. The van der Waals surface area contributed by atoms with Crippen molar-refractivity contribution >= 4 is 50.2 Å². The van der Waals surface area contributed by atoms with Crippen LogP contribution in [0.25, 0.3) is 11.0 Å². The van der Waals surface area contributed by atoms with Gasteiger partial charge in [-0.1, -0.05) is 29.3 Å². The maximum atomic E-state index is 14.2. The predicted molar refractivity (Wildman–Crippen MR) is 143 cm³/mol. The molecule has 0 saturated heterocycles. The Balaban J connectivity index is 1.99. The van der Waals surface area contributed by atoms with E-state index >= 15 is 0 Å². The van der Waals surface area contributed by atoms with Gasteiger partial charge >= 0.3 is 5.97 Å². The van der Waals surface area contributed by atoms with Crippen molar-refractivity contribution in [3.05, 3.63) is 93.2 Å². The minimum Gasteiger partial charge on any atom is -0.462 e. The average molecular weight is 540 g/mol. The van der Waals surface area contributed by atoms with Crippen LogP contribution in [-0.2, 0) is 14.8 Å². The van der Waals surface area contributed by atoms with Gasteiger partial charge in [-0.25, -0.2) is 13.2 Å². The molecule has 0 unspecified atom stereocenters. The fourth-order valence-electron chi connectivity index (χ4n) is 4.53. The fourth-order valence-corrected chi connectivity index (χ4v) is 6.49. The van der Waals surface area contributed by atoms with E-state index in [1.807, 2.05) is 6.92 Å². The van der Waals surface area contributed by atoms with Gasteiger partial charge in [0.15, 0.2) is 0 Å². The predicted octanol–water partition coefficient (Wildman–Crippen LogP) is 6.53. The number of furan rings is 1. The second-order valence-corrected chi connectivity index (χ2v) is 10.9. The topological polar surface area (TPSA) is 93.9 Å². The zero-order valence-electron chi connectivity index (χ0n) is 21.1. The summed E-state index contributed by atoms with van der Waals surface area (Å²) in [7, 11) is -4.39. The number of halogens is 1. The molecule has 1 amide bonds. The molecular formula is C28H26ClNO6S. The van der Waals surface area contributed by atoms with Crippen LogP contribution in [0.15, 0.2) is 63.9 Å². The Kier molecular flexibility index (Phi) is 7.17. The van der Waals surface area contributed by atoms with Crippen LogP contribution in [0.4, 0.5) is 5.69 Å². The number of sulfonamides is 1. The minimum absolute atomic E-state index is 0.0366. The lowest BCUT2D eigenvalue weighted by molar-refractivity contribution is 0.0526. The first-order valence-corrected chi connectivity index (χ1v) is 13.4. The zero-order chi connectivity index (χ0) is 27.1. The highest BCUT2D eigenvalue weighted by Gasteiger charge is 2.35. The number of fused-ring (bicyclic) bond motifs is 1. The maximum absolute atomic E-state index is 14.2. The Morgan fingerprint density at radius 3 is 2.16 bits per heavy atom. The van der Waals surface area contributed by atoms with Crippen molar-refractivity contribution in [3.8, 4) is 0 Å². The van der Waals surface area contributed by atoms with Crippen molar-refractivity contribution in [2.45, 2.75) is 39.5 Å². The monoisotopic (exact) mass is 539 g/mol. The molecule has 4 aromatic rings. The first kappa shape index (κ1) is 26.4. The van der Waals surface area contributed by atoms with Gasteiger partial charge in [0.1, 0.15) is 16.9 Å². The van der Waals surface area contributed by atoms with Crippen molar-refractivity contribution < 1.29 is 27.2 Å². The van der Waals surface area contributed by atoms with Crippen molar-refractivity contribution in [2.75, 3.05) is 10.9 Å². The van der Waals surface area contributed by atoms with Gasteiger partial charge in [0, 0.05) is 16.0 Å². The van der Waals surface area contributed by atoms with Gasteiger partial charge in [0.2, 0.25) is 0 Å². The van der Waals surface area contributed by atoms with Crippen molar-refractivity contribution in [3.63, 3.8) is 0 Å². The standard InChI is InChI=1S/C28H26ClNO6S/c1-6-35-28(32)25-19(5)36-24-12-11-22(15-23(24)25)30(27(31)20-7-9-21(29)10-8-20)37(33,34)26-17(3)13-16(2)14-18(26)4/h7-15H,6H2,1-5H3. The molecule has 0 radical (unpaired) electrons. The number of esters is 1. The summed E-state index contributed by atoms with van der Waals surface area (Å²) in [6.45, 7) is 8.73. The molecule has 0 atom stereocenters. The van der Waals surface area contributed by atoms with Gasteiger partial charge in [0.05, 0.1) is 17.2 Å². The van der Waals surface area contributed by atoms with E-state index in [-0.39, 0.29) is 28.3 Å². The van der Waals surface area contributed by atoms with Crippen molar-refractivity contribution in [2.24, 2.45) is 0 Å². The molecule has 9 heteroatoms. The summed E-state index contributed by atoms with van der Waals surface area (Å²) in [5, 5.41) is 0.750. The fraction of sp³-hybridized carbons (Fsp3) is 0.214. The molecule has 0 aliphatic heterocycles. The molecule has 0 spiro atoms. The smallest absolute Gasteiger partial charge is 0.342 e. The zero-order valence-corrected chi connectivity index (χ0v) is 22.7. The molecule has 3 aromatic carbocycles. The molecule has 37 heavy (non-hydrogen) atoms. The Bertz CT molecular complexity index is 1610. The van der Waals surface area contributed by atoms with Gasteiger partial charge in [-0.2, -0.15) is 4.31 Å². The van der Waals surface area contributed by atoms with E-state index in [9.17, 15) is 18.0 Å². The van der Waals surface area contributed by atoms with Crippen LogP contribution in [0.3, 0.4) is 0 Å².